The molecule has 108 valence electrons. The Labute approximate surface area is 117 Å². The second-order valence-electron chi connectivity index (χ2n) is 5.66. The number of halogens is 2. The molecule has 0 saturated carbocycles. The van der Waals surface area contributed by atoms with Gasteiger partial charge < -0.3 is 0 Å². The Morgan fingerprint density at radius 2 is 2.25 bits per heavy atom. The highest BCUT2D eigenvalue weighted by atomic mass is 19.1. The lowest BCUT2D eigenvalue weighted by molar-refractivity contribution is -0.143. The molecule has 2 aliphatic rings. The molecule has 0 N–H and O–H groups in total. The lowest BCUT2D eigenvalue weighted by Crippen LogP contribution is -2.38. The maximum absolute atomic E-state index is 13.4. The molecule has 1 aromatic carbocycles. The van der Waals surface area contributed by atoms with E-state index in [1.54, 1.807) is 11.1 Å². The van der Waals surface area contributed by atoms with E-state index >= 15 is 0 Å². The molecule has 1 aromatic rings. The summed E-state index contributed by atoms with van der Waals surface area (Å²) >= 11 is 0. The summed E-state index contributed by atoms with van der Waals surface area (Å²) in [7, 11) is 0. The molecule has 2 heterocycles. The van der Waals surface area contributed by atoms with E-state index in [0.717, 1.165) is 12.0 Å². The molecule has 5 heteroatoms. The largest absolute Gasteiger partial charge is 0.273 e. The van der Waals surface area contributed by atoms with Gasteiger partial charge in [-0.15, -0.1) is 0 Å². The Balaban J connectivity index is 1.92. The van der Waals surface area contributed by atoms with Gasteiger partial charge in [0, 0.05) is 13.1 Å². The van der Waals surface area contributed by atoms with Gasteiger partial charge in [0.1, 0.15) is 12.5 Å². The summed E-state index contributed by atoms with van der Waals surface area (Å²) in [6.07, 6.45) is 1.26. The number of fused-ring (bicyclic) bond motifs is 1. The number of benzene rings is 1. The molecule has 0 spiro atoms. The van der Waals surface area contributed by atoms with Gasteiger partial charge in [-0.1, -0.05) is 19.1 Å². The summed E-state index contributed by atoms with van der Waals surface area (Å²) in [6, 6.07) is 6.16. The summed E-state index contributed by atoms with van der Waals surface area (Å²) in [6.45, 7) is 2.36. The van der Waals surface area contributed by atoms with Crippen molar-refractivity contribution in [3.05, 3.63) is 35.6 Å². The van der Waals surface area contributed by atoms with Crippen molar-refractivity contribution < 1.29 is 13.6 Å². The predicted octanol–water partition coefficient (Wildman–Crippen LogP) is 2.70. The first-order chi connectivity index (χ1) is 9.61. The highest BCUT2D eigenvalue weighted by Gasteiger charge is 2.54. The van der Waals surface area contributed by atoms with Gasteiger partial charge in [0.25, 0.3) is 0 Å². The SMILES string of the molecule is CCC1(CF)CN2CC[C@H](c3cccc(F)c3)N2C1=O. The molecule has 3 rings (SSSR count). The van der Waals surface area contributed by atoms with Crippen molar-refractivity contribution in [1.29, 1.82) is 0 Å². The third-order valence-corrected chi connectivity index (χ3v) is 4.57. The first kappa shape index (κ1) is 13.5. The lowest BCUT2D eigenvalue weighted by atomic mass is 9.86. The minimum atomic E-state index is -0.911. The van der Waals surface area contributed by atoms with Crippen LogP contribution >= 0.6 is 0 Å². The molecule has 2 atom stereocenters. The molecule has 0 bridgehead atoms. The quantitative estimate of drug-likeness (QED) is 0.850. The van der Waals surface area contributed by atoms with Crippen molar-refractivity contribution in [2.24, 2.45) is 5.41 Å². The van der Waals surface area contributed by atoms with Crippen molar-refractivity contribution >= 4 is 5.91 Å². The zero-order chi connectivity index (χ0) is 14.3. The molecule has 0 radical (unpaired) electrons. The van der Waals surface area contributed by atoms with Crippen LogP contribution in [0.3, 0.4) is 0 Å². The van der Waals surface area contributed by atoms with E-state index in [1.807, 2.05) is 18.0 Å². The maximum atomic E-state index is 13.4. The Kier molecular flexibility index (Phi) is 3.24. The van der Waals surface area contributed by atoms with E-state index in [1.165, 1.54) is 12.1 Å². The Morgan fingerprint density at radius 3 is 2.90 bits per heavy atom. The number of hydrogen-bond donors (Lipinski definition) is 0. The second-order valence-corrected chi connectivity index (χ2v) is 5.66. The van der Waals surface area contributed by atoms with Crippen molar-refractivity contribution in [3.63, 3.8) is 0 Å². The third-order valence-electron chi connectivity index (χ3n) is 4.57. The van der Waals surface area contributed by atoms with Crippen LogP contribution in [0.15, 0.2) is 24.3 Å². The molecule has 0 aliphatic carbocycles. The third kappa shape index (κ3) is 1.84. The fraction of sp³-hybridized carbons (Fsp3) is 0.533. The number of rotatable bonds is 3. The monoisotopic (exact) mass is 280 g/mol. The molecular weight excluding hydrogens is 262 g/mol. The van der Waals surface area contributed by atoms with Crippen LogP contribution in [0.4, 0.5) is 8.78 Å². The van der Waals surface area contributed by atoms with E-state index in [0.29, 0.717) is 19.5 Å². The standard InChI is InChI=1S/C15H18F2N2O/c1-2-15(9-16)10-18-7-6-13(19(18)14(15)20)11-4-3-5-12(17)8-11/h3-5,8,13H,2,6-7,9-10H2,1H3/t13-,15?/m1/s1. The van der Waals surface area contributed by atoms with E-state index in [-0.39, 0.29) is 17.8 Å². The molecule has 2 saturated heterocycles. The normalized spacial score (nSPS) is 30.1. The van der Waals surface area contributed by atoms with Crippen molar-refractivity contribution in [3.8, 4) is 0 Å². The van der Waals surface area contributed by atoms with Gasteiger partial charge in [0.2, 0.25) is 5.91 Å². The Morgan fingerprint density at radius 1 is 1.45 bits per heavy atom. The summed E-state index contributed by atoms with van der Waals surface area (Å²) in [4.78, 5) is 12.6. The molecule has 2 fully saturated rings. The zero-order valence-corrected chi connectivity index (χ0v) is 11.5. The zero-order valence-electron chi connectivity index (χ0n) is 11.5. The fourth-order valence-electron chi connectivity index (χ4n) is 3.26. The highest BCUT2D eigenvalue weighted by Crippen LogP contribution is 2.44. The average molecular weight is 280 g/mol. The van der Waals surface area contributed by atoms with Crippen LogP contribution in [-0.2, 0) is 4.79 Å². The minimum absolute atomic E-state index is 0.158. The predicted molar refractivity (Wildman–Crippen MR) is 70.9 cm³/mol. The molecule has 0 aromatic heterocycles. The van der Waals surface area contributed by atoms with Crippen LogP contribution in [-0.4, -0.2) is 35.7 Å². The van der Waals surface area contributed by atoms with Gasteiger partial charge >= 0.3 is 0 Å². The number of hydrazine groups is 1. The number of amides is 1. The Bertz CT molecular complexity index is 530. The highest BCUT2D eigenvalue weighted by molar-refractivity contribution is 5.85. The van der Waals surface area contributed by atoms with E-state index in [2.05, 4.69) is 0 Å². The molecular formula is C15H18F2N2O. The molecule has 1 unspecified atom stereocenters. The topological polar surface area (TPSA) is 23.6 Å². The molecule has 20 heavy (non-hydrogen) atoms. The molecule has 3 nitrogen and oxygen atoms in total. The summed E-state index contributed by atoms with van der Waals surface area (Å²) in [5.41, 5.74) is -0.127. The molecule has 2 aliphatic heterocycles. The van der Waals surface area contributed by atoms with Gasteiger partial charge in [-0.2, -0.15) is 0 Å². The van der Waals surface area contributed by atoms with Crippen molar-refractivity contribution in [2.75, 3.05) is 19.8 Å². The summed E-state index contributed by atoms with van der Waals surface area (Å²) in [5, 5.41) is 3.57. The second kappa shape index (κ2) is 4.81. The number of nitrogens with zero attached hydrogens (tertiary/aromatic N) is 2. The average Bonchev–Trinajstić information content (AvgIpc) is 2.98. The van der Waals surface area contributed by atoms with Crippen LogP contribution in [0.25, 0.3) is 0 Å². The van der Waals surface area contributed by atoms with Gasteiger partial charge in [0.15, 0.2) is 0 Å². The van der Waals surface area contributed by atoms with Crippen LogP contribution in [0.5, 0.6) is 0 Å². The van der Waals surface area contributed by atoms with Crippen molar-refractivity contribution in [1.82, 2.24) is 10.0 Å². The maximum Gasteiger partial charge on any atom is 0.247 e. The fourth-order valence-corrected chi connectivity index (χ4v) is 3.26. The first-order valence-electron chi connectivity index (χ1n) is 7.01. The van der Waals surface area contributed by atoms with Gasteiger partial charge in [-0.3, -0.25) is 9.80 Å². The number of carbonyl (C=O) groups is 1. The van der Waals surface area contributed by atoms with Gasteiger partial charge in [-0.25, -0.2) is 13.8 Å². The van der Waals surface area contributed by atoms with E-state index in [9.17, 15) is 13.6 Å². The minimum Gasteiger partial charge on any atom is -0.273 e. The van der Waals surface area contributed by atoms with E-state index in [4.69, 9.17) is 0 Å². The first-order valence-corrected chi connectivity index (χ1v) is 7.01. The van der Waals surface area contributed by atoms with Crippen LogP contribution in [0.1, 0.15) is 31.4 Å². The van der Waals surface area contributed by atoms with Gasteiger partial charge in [0.05, 0.1) is 11.5 Å². The lowest BCUT2D eigenvalue weighted by Gasteiger charge is -2.26. The number of carbonyl (C=O) groups excluding carboxylic acids is 1. The number of alkyl halides is 1. The van der Waals surface area contributed by atoms with E-state index < -0.39 is 12.1 Å². The summed E-state index contributed by atoms with van der Waals surface area (Å²) in [5.74, 6) is -0.464. The van der Waals surface area contributed by atoms with Crippen LogP contribution in [0.2, 0.25) is 0 Å². The number of hydrogen-bond acceptors (Lipinski definition) is 2. The van der Waals surface area contributed by atoms with Crippen molar-refractivity contribution in [2.45, 2.75) is 25.8 Å². The Hall–Kier alpha value is -1.49. The van der Waals surface area contributed by atoms with Crippen LogP contribution in [0, 0.1) is 11.2 Å². The molecule has 1 amide bonds. The smallest absolute Gasteiger partial charge is 0.247 e. The summed E-state index contributed by atoms with van der Waals surface area (Å²) < 4.78 is 26.7. The van der Waals surface area contributed by atoms with Crippen LogP contribution < -0.4 is 0 Å². The van der Waals surface area contributed by atoms with Gasteiger partial charge in [-0.05, 0) is 30.5 Å².